The van der Waals surface area contributed by atoms with Crippen molar-refractivity contribution in [2.75, 3.05) is 39.5 Å². The Hall–Kier alpha value is -2.55. The van der Waals surface area contributed by atoms with Crippen LogP contribution in [0.3, 0.4) is 0 Å². The average Bonchev–Trinajstić information content (AvgIpc) is 3.65. The first-order valence-corrected chi connectivity index (χ1v) is 21.6. The largest absolute Gasteiger partial charge is 0.466 e. The molecule has 2 aliphatic rings. The third-order valence-corrected chi connectivity index (χ3v) is 10.9. The third-order valence-electron chi connectivity index (χ3n) is 10.9. The molecule has 0 aromatic rings. The van der Waals surface area contributed by atoms with Crippen LogP contribution < -0.4 is 0 Å². The molecule has 296 valence electrons. The molecule has 2 unspecified atom stereocenters. The highest BCUT2D eigenvalue weighted by Gasteiger charge is 2.28. The normalized spacial score (nSPS) is 23.4. The van der Waals surface area contributed by atoms with Crippen molar-refractivity contribution < 1.29 is 28.6 Å². The molecule has 2 aliphatic heterocycles. The molecule has 0 bridgehead atoms. The van der Waals surface area contributed by atoms with E-state index in [1.165, 1.54) is 12.8 Å². The molecule has 0 aromatic heterocycles. The number of allylic oxidation sites excluding steroid dienone is 1. The van der Waals surface area contributed by atoms with E-state index in [0.29, 0.717) is 19.8 Å². The van der Waals surface area contributed by atoms with Crippen LogP contribution in [0.5, 0.6) is 0 Å². The van der Waals surface area contributed by atoms with Gasteiger partial charge in [0.2, 0.25) is 0 Å². The number of carbonyl (C=O) groups excluding carboxylic acids is 3. The maximum Gasteiger partial charge on any atom is 0.308 e. The molecule has 2 fully saturated rings. The lowest BCUT2D eigenvalue weighted by atomic mass is 9.79. The van der Waals surface area contributed by atoms with E-state index in [9.17, 15) is 14.4 Å². The minimum atomic E-state index is -0.182. The fourth-order valence-corrected chi connectivity index (χ4v) is 7.74. The Morgan fingerprint density at radius 3 is 1.67 bits per heavy atom. The first-order chi connectivity index (χ1) is 25.5. The number of carbonyl (C=O) groups is 3. The second-order valence-electron chi connectivity index (χ2n) is 15.3. The van der Waals surface area contributed by atoms with Crippen molar-refractivity contribution in [3.8, 4) is 0 Å². The Balaban J connectivity index is 2.05. The van der Waals surface area contributed by atoms with Gasteiger partial charge < -0.3 is 14.2 Å². The van der Waals surface area contributed by atoms with Gasteiger partial charge in [0.05, 0.1) is 32.0 Å². The SMILES string of the molecule is C=C=C=C=C1C(CCCCC)CC(=O)OCCCCCCCCC(C(=O)OCCN2CCCC2)CCCCCCCCOC(=O)CC1CCCCC. The summed E-state index contributed by atoms with van der Waals surface area (Å²) >= 11 is 0. The standard InChI is InChI=1S/C45H75NO6/c1-4-7-18-28-40-37-43(47)50-34-24-16-12-10-14-20-26-39(45(49)52-36-33-46-31-22-23-32-46)27-21-15-11-13-17-25-35-51-44(48)38-41(29-19-8-5-2)42(40)30-9-6-3/h39-41H,3-5,7-8,10-29,31-38H2,1-2H3. The lowest BCUT2D eigenvalue weighted by Crippen LogP contribution is -2.27. The smallest absolute Gasteiger partial charge is 0.308 e. The van der Waals surface area contributed by atoms with Crippen molar-refractivity contribution in [3.63, 3.8) is 0 Å². The van der Waals surface area contributed by atoms with Crippen molar-refractivity contribution in [1.82, 2.24) is 4.90 Å². The maximum atomic E-state index is 13.2. The number of ether oxygens (including phenoxy) is 3. The summed E-state index contributed by atoms with van der Waals surface area (Å²) in [5.74, 6) is -0.512. The van der Waals surface area contributed by atoms with Crippen LogP contribution in [-0.4, -0.2) is 62.3 Å². The molecular formula is C45H75NO6. The monoisotopic (exact) mass is 726 g/mol. The van der Waals surface area contributed by atoms with Crippen molar-refractivity contribution in [3.05, 3.63) is 29.3 Å². The number of hydrogen-bond acceptors (Lipinski definition) is 7. The van der Waals surface area contributed by atoms with E-state index in [0.717, 1.165) is 166 Å². The van der Waals surface area contributed by atoms with Gasteiger partial charge >= 0.3 is 17.9 Å². The highest BCUT2D eigenvalue weighted by Crippen LogP contribution is 2.33. The molecule has 2 heterocycles. The second-order valence-corrected chi connectivity index (χ2v) is 15.3. The highest BCUT2D eigenvalue weighted by molar-refractivity contribution is 5.72. The Morgan fingerprint density at radius 2 is 1.19 bits per heavy atom. The van der Waals surface area contributed by atoms with Crippen LogP contribution in [0.15, 0.2) is 29.3 Å². The van der Waals surface area contributed by atoms with Gasteiger partial charge in [-0.15, -0.1) is 0 Å². The predicted molar refractivity (Wildman–Crippen MR) is 211 cm³/mol. The van der Waals surface area contributed by atoms with E-state index in [2.05, 4.69) is 42.5 Å². The number of hydrogen-bond donors (Lipinski definition) is 0. The first kappa shape index (κ1) is 45.6. The summed E-state index contributed by atoms with van der Waals surface area (Å²) in [6.45, 7) is 12.5. The van der Waals surface area contributed by atoms with Gasteiger partial charge in [-0.25, -0.2) is 0 Å². The lowest BCUT2D eigenvalue weighted by molar-refractivity contribution is -0.149. The highest BCUT2D eigenvalue weighted by atomic mass is 16.5. The number of cyclic esters (lactones) is 2. The summed E-state index contributed by atoms with van der Waals surface area (Å²) in [7, 11) is 0. The summed E-state index contributed by atoms with van der Waals surface area (Å²) in [4.78, 5) is 41.9. The average molecular weight is 726 g/mol. The Labute approximate surface area is 318 Å². The van der Waals surface area contributed by atoms with Gasteiger partial charge in [0.15, 0.2) is 0 Å². The fraction of sp³-hybridized carbons (Fsp3) is 0.822. The van der Waals surface area contributed by atoms with Crippen LogP contribution in [0.4, 0.5) is 0 Å². The number of likely N-dealkylation sites (tertiary alicyclic amines) is 1. The van der Waals surface area contributed by atoms with Gasteiger partial charge in [-0.05, 0) is 94.2 Å². The van der Waals surface area contributed by atoms with Crippen LogP contribution in [0.25, 0.3) is 0 Å². The zero-order chi connectivity index (χ0) is 37.5. The molecule has 7 heteroatoms. The van der Waals surface area contributed by atoms with Crippen LogP contribution in [0, 0.1) is 17.8 Å². The number of rotatable bonds is 12. The van der Waals surface area contributed by atoms with Crippen LogP contribution in [0.2, 0.25) is 0 Å². The molecule has 7 nitrogen and oxygen atoms in total. The molecule has 0 saturated carbocycles. The van der Waals surface area contributed by atoms with Gasteiger partial charge in [0, 0.05) is 6.54 Å². The molecule has 52 heavy (non-hydrogen) atoms. The number of nitrogens with zero attached hydrogens (tertiary/aromatic N) is 1. The summed E-state index contributed by atoms with van der Waals surface area (Å²) in [6, 6.07) is 0. The summed E-state index contributed by atoms with van der Waals surface area (Å²) in [5.41, 5.74) is 9.95. The van der Waals surface area contributed by atoms with Crippen LogP contribution in [-0.2, 0) is 28.6 Å². The van der Waals surface area contributed by atoms with E-state index >= 15 is 0 Å². The molecule has 2 rings (SSSR count). The summed E-state index contributed by atoms with van der Waals surface area (Å²) in [6.07, 6.45) is 25.5. The predicted octanol–water partition coefficient (Wildman–Crippen LogP) is 11.0. The minimum Gasteiger partial charge on any atom is -0.466 e. The molecule has 0 spiro atoms. The van der Waals surface area contributed by atoms with E-state index in [1.54, 1.807) is 0 Å². The molecule has 0 amide bonds. The fourth-order valence-electron chi connectivity index (χ4n) is 7.74. The Kier molecular flexibility index (Phi) is 27.1. The molecule has 0 aromatic carbocycles. The molecule has 2 saturated heterocycles. The van der Waals surface area contributed by atoms with Crippen molar-refractivity contribution in [2.24, 2.45) is 17.8 Å². The van der Waals surface area contributed by atoms with Gasteiger partial charge in [-0.1, -0.05) is 128 Å². The zero-order valence-electron chi connectivity index (χ0n) is 33.5. The molecule has 0 radical (unpaired) electrons. The molecule has 0 N–H and O–H groups in total. The van der Waals surface area contributed by atoms with E-state index in [1.807, 2.05) is 0 Å². The Bertz CT molecular complexity index is 1040. The van der Waals surface area contributed by atoms with E-state index in [-0.39, 0.29) is 48.5 Å². The van der Waals surface area contributed by atoms with Gasteiger partial charge in [-0.3, -0.25) is 19.3 Å². The molecule has 2 atom stereocenters. The maximum absolute atomic E-state index is 13.2. The molecule has 0 aliphatic carbocycles. The third kappa shape index (κ3) is 21.9. The Morgan fingerprint density at radius 1 is 0.712 bits per heavy atom. The van der Waals surface area contributed by atoms with Crippen LogP contribution in [0.1, 0.15) is 181 Å². The van der Waals surface area contributed by atoms with Gasteiger partial charge in [-0.2, -0.15) is 0 Å². The van der Waals surface area contributed by atoms with E-state index in [4.69, 9.17) is 14.2 Å². The van der Waals surface area contributed by atoms with Gasteiger partial charge in [0.1, 0.15) is 6.61 Å². The van der Waals surface area contributed by atoms with Crippen molar-refractivity contribution in [2.45, 2.75) is 181 Å². The summed E-state index contributed by atoms with van der Waals surface area (Å²) < 4.78 is 17.3. The minimum absolute atomic E-state index is 0.00741. The molecular weight excluding hydrogens is 650 g/mol. The zero-order valence-corrected chi connectivity index (χ0v) is 33.5. The topological polar surface area (TPSA) is 82.1 Å². The van der Waals surface area contributed by atoms with Crippen LogP contribution >= 0.6 is 0 Å². The van der Waals surface area contributed by atoms with Crippen molar-refractivity contribution >= 4 is 17.9 Å². The van der Waals surface area contributed by atoms with Gasteiger partial charge in [0.25, 0.3) is 0 Å². The number of unbranched alkanes of at least 4 members (excludes halogenated alkanes) is 4. The first-order valence-electron chi connectivity index (χ1n) is 21.6. The number of esters is 3. The second kappa shape index (κ2) is 30.9. The van der Waals surface area contributed by atoms with Crippen molar-refractivity contribution in [1.29, 1.82) is 0 Å². The lowest BCUT2D eigenvalue weighted by Gasteiger charge is -2.25. The quantitative estimate of drug-likeness (QED) is 0.0857. The van der Waals surface area contributed by atoms with E-state index < -0.39 is 0 Å². The summed E-state index contributed by atoms with van der Waals surface area (Å²) in [5, 5.41) is 0.